The first-order valence-electron chi connectivity index (χ1n) is 9.13. The molecule has 0 fully saturated rings. The van der Waals surface area contributed by atoms with Crippen molar-refractivity contribution in [2.45, 2.75) is 18.9 Å². The molecule has 0 saturated carbocycles. The fraction of sp³-hybridized carbons (Fsp3) is 0.429. The summed E-state index contributed by atoms with van der Waals surface area (Å²) in [4.78, 5) is 2.50. The summed E-state index contributed by atoms with van der Waals surface area (Å²) < 4.78 is 10.9. The van der Waals surface area contributed by atoms with Crippen molar-refractivity contribution in [3.8, 4) is 22.6 Å². The Hall–Kier alpha value is -1.75. The number of aromatic hydroxyl groups is 1. The number of hydrogen-bond donors (Lipinski definition) is 1. The topological polar surface area (TPSA) is 41.9 Å². The highest BCUT2D eigenvalue weighted by Crippen LogP contribution is 2.50. The molecule has 0 unspecified atom stereocenters. The average molecular weight is 374 g/mol. The summed E-state index contributed by atoms with van der Waals surface area (Å²) in [5.74, 6) is 1.31. The summed E-state index contributed by atoms with van der Waals surface area (Å²) in [6.07, 6.45) is 1.92. The van der Waals surface area contributed by atoms with Gasteiger partial charge in [0.05, 0.1) is 20.3 Å². The van der Waals surface area contributed by atoms with Crippen molar-refractivity contribution in [2.24, 2.45) is 0 Å². The summed E-state index contributed by atoms with van der Waals surface area (Å²) in [6, 6.07) is 10.7. The van der Waals surface area contributed by atoms with E-state index in [-0.39, 0.29) is 5.75 Å². The maximum Gasteiger partial charge on any atom is 0.165 e. The second-order valence-electron chi connectivity index (χ2n) is 6.84. The van der Waals surface area contributed by atoms with Crippen LogP contribution in [-0.4, -0.2) is 49.3 Å². The average Bonchev–Trinajstić information content (AvgIpc) is 2.67. The van der Waals surface area contributed by atoms with Crippen molar-refractivity contribution in [2.75, 3.05) is 39.3 Å². The quantitative estimate of drug-likeness (QED) is 0.618. The van der Waals surface area contributed by atoms with Crippen LogP contribution in [-0.2, 0) is 17.6 Å². The van der Waals surface area contributed by atoms with Crippen molar-refractivity contribution in [3.63, 3.8) is 0 Å². The van der Waals surface area contributed by atoms with Gasteiger partial charge in [-0.15, -0.1) is 11.6 Å². The normalized spacial score (nSPS) is 18.3. The molecule has 1 heterocycles. The lowest BCUT2D eigenvalue weighted by Gasteiger charge is -2.41. The molecule has 0 aromatic heterocycles. The molecule has 4 nitrogen and oxygen atoms in total. The minimum absolute atomic E-state index is 0.249. The zero-order valence-corrected chi connectivity index (χ0v) is 15.8. The highest BCUT2D eigenvalue weighted by atomic mass is 35.5. The number of phenols is 1. The Labute approximate surface area is 159 Å². The SMILES string of the molecule is COc1ccc2c(c1O)-c1cccc3c1[C@@H](C2)N(CCOCCCl)CC3. The molecule has 2 aliphatic rings. The molecule has 2 aromatic rings. The molecule has 0 saturated heterocycles. The highest BCUT2D eigenvalue weighted by Gasteiger charge is 2.35. The van der Waals surface area contributed by atoms with Crippen LogP contribution < -0.4 is 4.74 Å². The van der Waals surface area contributed by atoms with Gasteiger partial charge < -0.3 is 14.6 Å². The van der Waals surface area contributed by atoms with Crippen LogP contribution in [0.4, 0.5) is 0 Å². The van der Waals surface area contributed by atoms with E-state index in [0.717, 1.165) is 37.1 Å². The fourth-order valence-electron chi connectivity index (χ4n) is 4.34. The molecule has 26 heavy (non-hydrogen) atoms. The third-order valence-corrected chi connectivity index (χ3v) is 5.67. The second kappa shape index (κ2) is 7.47. The number of phenolic OH excluding ortho intramolecular Hbond substituents is 1. The molecule has 2 aromatic carbocycles. The van der Waals surface area contributed by atoms with Gasteiger partial charge in [-0.3, -0.25) is 4.90 Å². The minimum Gasteiger partial charge on any atom is -0.504 e. The number of rotatable bonds is 6. The molecule has 1 aliphatic carbocycles. The van der Waals surface area contributed by atoms with E-state index in [9.17, 15) is 5.11 Å². The predicted octanol–water partition coefficient (Wildman–Crippen LogP) is 3.78. The van der Waals surface area contributed by atoms with Gasteiger partial charge in [-0.1, -0.05) is 24.3 Å². The van der Waals surface area contributed by atoms with Crippen LogP contribution >= 0.6 is 11.6 Å². The molecule has 5 heteroatoms. The zero-order chi connectivity index (χ0) is 18.1. The largest absolute Gasteiger partial charge is 0.504 e. The van der Waals surface area contributed by atoms with E-state index < -0.39 is 0 Å². The molecular weight excluding hydrogens is 350 g/mol. The molecule has 138 valence electrons. The number of halogens is 1. The Morgan fingerprint density at radius 2 is 2.08 bits per heavy atom. The third-order valence-electron chi connectivity index (χ3n) is 5.51. The Balaban J connectivity index is 1.72. The van der Waals surface area contributed by atoms with Crippen LogP contribution in [0, 0.1) is 0 Å². The summed E-state index contributed by atoms with van der Waals surface area (Å²) in [7, 11) is 1.59. The van der Waals surface area contributed by atoms with Crippen molar-refractivity contribution in [1.82, 2.24) is 4.90 Å². The molecule has 0 bridgehead atoms. The van der Waals surface area contributed by atoms with Gasteiger partial charge in [0.2, 0.25) is 0 Å². The number of methoxy groups -OCH3 is 1. The smallest absolute Gasteiger partial charge is 0.165 e. The molecule has 1 aliphatic heterocycles. The Morgan fingerprint density at radius 3 is 2.88 bits per heavy atom. The van der Waals surface area contributed by atoms with Crippen molar-refractivity contribution in [3.05, 3.63) is 47.0 Å². The molecule has 4 rings (SSSR count). The zero-order valence-electron chi connectivity index (χ0n) is 15.0. The van der Waals surface area contributed by atoms with Crippen LogP contribution in [0.3, 0.4) is 0 Å². The highest BCUT2D eigenvalue weighted by molar-refractivity contribution is 6.17. The first-order valence-corrected chi connectivity index (χ1v) is 9.66. The van der Waals surface area contributed by atoms with Crippen LogP contribution in [0.25, 0.3) is 11.1 Å². The maximum absolute atomic E-state index is 10.7. The van der Waals surface area contributed by atoms with Gasteiger partial charge in [0.25, 0.3) is 0 Å². The van der Waals surface area contributed by atoms with Crippen molar-refractivity contribution in [1.29, 1.82) is 0 Å². The van der Waals surface area contributed by atoms with Gasteiger partial charge in [0.1, 0.15) is 0 Å². The number of benzene rings is 2. The van der Waals surface area contributed by atoms with Gasteiger partial charge in [-0.2, -0.15) is 0 Å². The molecule has 1 N–H and O–H groups in total. The third kappa shape index (κ3) is 2.96. The molecule has 0 spiro atoms. The predicted molar refractivity (Wildman–Crippen MR) is 103 cm³/mol. The maximum atomic E-state index is 10.7. The Kier molecular flexibility index (Phi) is 5.07. The Morgan fingerprint density at radius 1 is 1.19 bits per heavy atom. The van der Waals surface area contributed by atoms with E-state index >= 15 is 0 Å². The van der Waals surface area contributed by atoms with Crippen molar-refractivity contribution < 1.29 is 14.6 Å². The van der Waals surface area contributed by atoms with E-state index in [2.05, 4.69) is 29.2 Å². The van der Waals surface area contributed by atoms with Crippen molar-refractivity contribution >= 4 is 11.6 Å². The number of hydrogen-bond acceptors (Lipinski definition) is 4. The monoisotopic (exact) mass is 373 g/mol. The lowest BCUT2D eigenvalue weighted by molar-refractivity contribution is 0.0900. The number of ether oxygens (including phenoxy) is 2. The lowest BCUT2D eigenvalue weighted by Crippen LogP contribution is -2.40. The van der Waals surface area contributed by atoms with E-state index in [1.165, 1.54) is 16.7 Å². The van der Waals surface area contributed by atoms with E-state index in [1.54, 1.807) is 7.11 Å². The van der Waals surface area contributed by atoms with Gasteiger partial charge in [-0.05, 0) is 41.2 Å². The van der Waals surface area contributed by atoms with Gasteiger partial charge in [0.15, 0.2) is 11.5 Å². The molecule has 1 atom stereocenters. The minimum atomic E-state index is 0.249. The lowest BCUT2D eigenvalue weighted by atomic mass is 9.76. The molecule has 0 amide bonds. The Bertz CT molecular complexity index is 808. The number of alkyl halides is 1. The fourth-order valence-corrected chi connectivity index (χ4v) is 4.45. The summed E-state index contributed by atoms with van der Waals surface area (Å²) >= 11 is 5.70. The molecular formula is C21H24ClNO3. The van der Waals surface area contributed by atoms with E-state index in [4.69, 9.17) is 21.1 Å². The summed E-state index contributed by atoms with van der Waals surface area (Å²) in [6.45, 7) is 3.22. The first-order chi connectivity index (χ1) is 12.7. The number of fused-ring (bicyclic) bond motifs is 2. The van der Waals surface area contributed by atoms with Crippen LogP contribution in [0.1, 0.15) is 22.7 Å². The first kappa shape index (κ1) is 17.7. The molecule has 0 radical (unpaired) electrons. The number of nitrogens with zero attached hydrogens (tertiary/aromatic N) is 1. The van der Waals surface area contributed by atoms with Gasteiger partial charge in [0, 0.05) is 30.6 Å². The van der Waals surface area contributed by atoms with Gasteiger partial charge >= 0.3 is 0 Å². The standard InChI is InChI=1S/C21H24ClNO3/c1-25-18-6-5-15-13-17-19-14(3-2-4-16(19)20(15)21(18)24)7-9-23(17)10-12-26-11-8-22/h2-6,17,24H,7-13H2,1H3/t17-/m1/s1. The van der Waals surface area contributed by atoms with E-state index in [1.807, 2.05) is 6.07 Å². The van der Waals surface area contributed by atoms with Crippen LogP contribution in [0.15, 0.2) is 30.3 Å². The van der Waals surface area contributed by atoms with E-state index in [0.29, 0.717) is 30.9 Å². The van der Waals surface area contributed by atoms with Crippen LogP contribution in [0.5, 0.6) is 11.5 Å². The summed E-state index contributed by atoms with van der Waals surface area (Å²) in [5, 5.41) is 10.7. The van der Waals surface area contributed by atoms with Crippen LogP contribution in [0.2, 0.25) is 0 Å². The summed E-state index contributed by atoms with van der Waals surface area (Å²) in [5.41, 5.74) is 5.98. The second-order valence-corrected chi connectivity index (χ2v) is 7.21. The van der Waals surface area contributed by atoms with Gasteiger partial charge in [-0.25, -0.2) is 0 Å².